The molecule has 9 heteroatoms. The van der Waals surface area contributed by atoms with Crippen molar-refractivity contribution in [1.82, 2.24) is 14.3 Å². The predicted octanol–water partition coefficient (Wildman–Crippen LogP) is 3.99. The van der Waals surface area contributed by atoms with Gasteiger partial charge in [0.2, 0.25) is 10.0 Å². The van der Waals surface area contributed by atoms with Crippen LogP contribution in [0.5, 0.6) is 0 Å². The van der Waals surface area contributed by atoms with Gasteiger partial charge in [-0.15, -0.1) is 11.3 Å². The Labute approximate surface area is 196 Å². The fraction of sp³-hybridized carbons (Fsp3) is 0.208. The molecule has 1 aliphatic heterocycles. The van der Waals surface area contributed by atoms with E-state index in [9.17, 15) is 13.2 Å². The number of fused-ring (bicyclic) bond motifs is 1. The average Bonchev–Trinajstić information content (AvgIpc) is 3.33. The van der Waals surface area contributed by atoms with E-state index >= 15 is 0 Å². The zero-order chi connectivity index (χ0) is 23.0. The lowest BCUT2D eigenvalue weighted by Gasteiger charge is -2.35. The van der Waals surface area contributed by atoms with E-state index in [0.29, 0.717) is 41.8 Å². The third kappa shape index (κ3) is 4.15. The van der Waals surface area contributed by atoms with Crippen molar-refractivity contribution in [3.05, 3.63) is 71.1 Å². The Morgan fingerprint density at radius 2 is 1.64 bits per heavy atom. The number of anilines is 1. The molecule has 0 atom stereocenters. The van der Waals surface area contributed by atoms with Gasteiger partial charge in [-0.2, -0.15) is 4.31 Å². The van der Waals surface area contributed by atoms with Crippen LogP contribution >= 0.6 is 11.3 Å². The molecule has 5 rings (SSSR count). The Morgan fingerprint density at radius 1 is 0.909 bits per heavy atom. The summed E-state index contributed by atoms with van der Waals surface area (Å²) in [5.74, 6) is 1.35. The van der Waals surface area contributed by atoms with Crippen LogP contribution in [0, 0.1) is 6.92 Å². The van der Waals surface area contributed by atoms with Crippen molar-refractivity contribution in [2.24, 2.45) is 0 Å². The molecule has 168 valence electrons. The number of sulfonamides is 1. The Kier molecular flexibility index (Phi) is 5.69. The lowest BCUT2D eigenvalue weighted by Crippen LogP contribution is -2.49. The van der Waals surface area contributed by atoms with E-state index in [1.165, 1.54) is 15.6 Å². The summed E-state index contributed by atoms with van der Waals surface area (Å²) < 4.78 is 27.7. The molecule has 0 radical (unpaired) electrons. The molecule has 3 heterocycles. The fourth-order valence-electron chi connectivity index (χ4n) is 3.95. The van der Waals surface area contributed by atoms with Gasteiger partial charge in [0.1, 0.15) is 5.82 Å². The zero-order valence-electron chi connectivity index (χ0n) is 18.0. The molecule has 1 fully saturated rings. The van der Waals surface area contributed by atoms with Crippen LogP contribution in [0.15, 0.2) is 65.6 Å². The molecule has 1 aliphatic rings. The Balaban J connectivity index is 1.44. The van der Waals surface area contributed by atoms with Crippen LogP contribution in [0.2, 0.25) is 0 Å². The largest absolute Gasteiger partial charge is 0.353 e. The molecular formula is C24H22N4O3S2. The number of aryl methyl sites for hydroxylation is 1. The molecule has 0 bridgehead atoms. The first-order valence-electron chi connectivity index (χ1n) is 10.6. The van der Waals surface area contributed by atoms with Crippen molar-refractivity contribution < 1.29 is 13.2 Å². The van der Waals surface area contributed by atoms with Crippen molar-refractivity contribution in [3.63, 3.8) is 0 Å². The smallest absolute Gasteiger partial charge is 0.243 e. The Morgan fingerprint density at radius 3 is 2.33 bits per heavy atom. The number of hydrogen-bond donors (Lipinski definition) is 0. The first-order chi connectivity index (χ1) is 16.0. The van der Waals surface area contributed by atoms with Gasteiger partial charge in [-0.25, -0.2) is 18.4 Å². The van der Waals surface area contributed by atoms with Crippen molar-refractivity contribution >= 4 is 44.4 Å². The molecule has 4 aromatic rings. The van der Waals surface area contributed by atoms with Gasteiger partial charge in [-0.05, 0) is 43.3 Å². The van der Waals surface area contributed by atoms with E-state index < -0.39 is 10.0 Å². The van der Waals surface area contributed by atoms with E-state index in [1.807, 2.05) is 49.4 Å². The average molecular weight is 479 g/mol. The molecule has 0 N–H and O–H groups in total. The summed E-state index contributed by atoms with van der Waals surface area (Å²) in [6, 6.07) is 18.4. The maximum atomic E-state index is 13.1. The normalized spacial score (nSPS) is 15.1. The molecule has 1 saturated heterocycles. The number of hydrogen-bond acceptors (Lipinski definition) is 7. The van der Waals surface area contributed by atoms with Crippen molar-refractivity contribution in [1.29, 1.82) is 0 Å². The second kappa shape index (κ2) is 8.66. The summed E-state index contributed by atoms with van der Waals surface area (Å²) >= 11 is 1.35. The second-order valence-corrected chi connectivity index (χ2v) is 11.0. The topological polar surface area (TPSA) is 83.5 Å². The molecule has 0 aliphatic carbocycles. The monoisotopic (exact) mass is 478 g/mol. The van der Waals surface area contributed by atoms with Gasteiger partial charge in [0.25, 0.3) is 0 Å². The van der Waals surface area contributed by atoms with Crippen LogP contribution in [0.25, 0.3) is 21.6 Å². The van der Waals surface area contributed by atoms with E-state index in [2.05, 4.69) is 4.90 Å². The predicted molar refractivity (Wildman–Crippen MR) is 130 cm³/mol. The highest BCUT2D eigenvalue weighted by Crippen LogP contribution is 2.31. The first kappa shape index (κ1) is 21.7. The van der Waals surface area contributed by atoms with Gasteiger partial charge < -0.3 is 4.90 Å². The molecule has 0 spiro atoms. The Bertz CT molecular complexity index is 1420. The van der Waals surface area contributed by atoms with E-state index in [0.717, 1.165) is 33.4 Å². The summed E-state index contributed by atoms with van der Waals surface area (Å²) in [6.07, 6.45) is 0.823. The van der Waals surface area contributed by atoms with Crippen LogP contribution in [0.3, 0.4) is 0 Å². The van der Waals surface area contributed by atoms with Crippen molar-refractivity contribution in [2.75, 3.05) is 31.1 Å². The highest BCUT2D eigenvalue weighted by atomic mass is 32.2. The number of para-hydroxylation sites is 1. The number of aldehydes is 1. The molecule has 0 saturated carbocycles. The molecule has 33 heavy (non-hydrogen) atoms. The van der Waals surface area contributed by atoms with Crippen LogP contribution in [0.1, 0.15) is 15.2 Å². The summed E-state index contributed by atoms with van der Waals surface area (Å²) in [7, 11) is -3.54. The van der Waals surface area contributed by atoms with Crippen molar-refractivity contribution in [2.45, 2.75) is 11.8 Å². The fourth-order valence-corrected chi connectivity index (χ4v) is 6.13. The van der Waals surface area contributed by atoms with Crippen molar-refractivity contribution in [3.8, 4) is 10.7 Å². The number of nitrogens with zero attached hydrogens (tertiary/aromatic N) is 4. The minimum absolute atomic E-state index is 0.319. The number of rotatable bonds is 5. The Hall–Kier alpha value is -3.14. The quantitative estimate of drug-likeness (QED) is 0.404. The molecule has 0 unspecified atom stereocenters. The van der Waals surface area contributed by atoms with Gasteiger partial charge in [-0.3, -0.25) is 4.79 Å². The number of carbonyl (C=O) groups is 1. The number of piperazine rings is 1. The lowest BCUT2D eigenvalue weighted by atomic mass is 10.2. The van der Waals surface area contributed by atoms with Crippen LogP contribution in [-0.2, 0) is 10.0 Å². The third-order valence-corrected chi connectivity index (χ3v) is 8.66. The molecular weight excluding hydrogens is 456 g/mol. The number of benzene rings is 2. The lowest BCUT2D eigenvalue weighted by molar-refractivity contribution is 0.112. The van der Waals surface area contributed by atoms with Gasteiger partial charge in [0, 0.05) is 31.6 Å². The van der Waals surface area contributed by atoms with E-state index in [1.54, 1.807) is 18.2 Å². The summed E-state index contributed by atoms with van der Waals surface area (Å²) in [6.45, 7) is 3.73. The van der Waals surface area contributed by atoms with E-state index in [-0.39, 0.29) is 0 Å². The maximum Gasteiger partial charge on any atom is 0.243 e. The van der Waals surface area contributed by atoms with Gasteiger partial charge >= 0.3 is 0 Å². The standard InChI is InChI=1S/C24H22N4O3S2/c1-17-6-9-19(10-7-17)33(30,31)28-14-12-27(13-15-28)24-20-4-2-3-5-21(20)25-23(26-24)22-11-8-18(16-29)32-22/h2-11,16H,12-15H2,1H3. The van der Waals surface area contributed by atoms with Gasteiger partial charge in [0.05, 0.1) is 20.2 Å². The third-order valence-electron chi connectivity index (χ3n) is 5.74. The number of thiophene rings is 1. The van der Waals surface area contributed by atoms with Crippen LogP contribution < -0.4 is 4.90 Å². The number of carbonyl (C=O) groups excluding carboxylic acids is 1. The summed E-state index contributed by atoms with van der Waals surface area (Å²) in [5.41, 5.74) is 1.84. The molecule has 2 aromatic heterocycles. The molecule has 0 amide bonds. The van der Waals surface area contributed by atoms with Crippen LogP contribution in [0.4, 0.5) is 5.82 Å². The highest BCUT2D eigenvalue weighted by molar-refractivity contribution is 7.89. The maximum absolute atomic E-state index is 13.1. The van der Waals surface area contributed by atoms with Crippen LogP contribution in [-0.4, -0.2) is 55.2 Å². The van der Waals surface area contributed by atoms with E-state index in [4.69, 9.17) is 9.97 Å². The summed E-state index contributed by atoms with van der Waals surface area (Å²) in [5, 5.41) is 0.920. The zero-order valence-corrected chi connectivity index (χ0v) is 19.6. The number of aromatic nitrogens is 2. The SMILES string of the molecule is Cc1ccc(S(=O)(=O)N2CCN(c3nc(-c4ccc(C=O)s4)nc4ccccc34)CC2)cc1. The van der Waals surface area contributed by atoms with Gasteiger partial charge in [-0.1, -0.05) is 29.8 Å². The highest BCUT2D eigenvalue weighted by Gasteiger charge is 2.29. The molecule has 7 nitrogen and oxygen atoms in total. The minimum atomic E-state index is -3.54. The first-order valence-corrected chi connectivity index (χ1v) is 12.9. The molecule has 2 aromatic carbocycles. The minimum Gasteiger partial charge on any atom is -0.353 e. The summed E-state index contributed by atoms with van der Waals surface area (Å²) in [4.78, 5) is 24.5. The van der Waals surface area contributed by atoms with Gasteiger partial charge in [0.15, 0.2) is 12.1 Å². The second-order valence-electron chi connectivity index (χ2n) is 7.91.